The number of amides is 1. The first-order chi connectivity index (χ1) is 10.2. The third kappa shape index (κ3) is 3.12. The van der Waals surface area contributed by atoms with Crippen LogP contribution in [0.3, 0.4) is 0 Å². The first-order valence-electron chi connectivity index (χ1n) is 6.85. The number of aromatic nitrogens is 1. The first kappa shape index (κ1) is 14.2. The zero-order valence-electron chi connectivity index (χ0n) is 11.5. The fraction of sp³-hybridized carbons (Fsp3) is 0.333. The third-order valence-electron chi connectivity index (χ3n) is 3.66. The average Bonchev–Trinajstić information content (AvgIpc) is 3.03. The maximum absolute atomic E-state index is 12.3. The van der Waals surface area contributed by atoms with E-state index in [2.05, 4.69) is 10.3 Å². The summed E-state index contributed by atoms with van der Waals surface area (Å²) >= 11 is 1.59. The second kappa shape index (κ2) is 5.93. The van der Waals surface area contributed by atoms with Crippen molar-refractivity contribution in [3.05, 3.63) is 35.8 Å². The number of hydrogen-bond donors (Lipinski definition) is 2. The molecule has 0 atom stereocenters. The lowest BCUT2D eigenvalue weighted by atomic mass is 9.90. The number of nitrogens with one attached hydrogen (secondary N) is 1. The highest BCUT2D eigenvalue weighted by Gasteiger charge is 2.35. The Bertz CT molecular complexity index is 604. The molecule has 0 spiro atoms. The average molecular weight is 303 g/mol. The number of hydrogen-bond acceptors (Lipinski definition) is 5. The van der Waals surface area contributed by atoms with Crippen LogP contribution in [0.5, 0.6) is 0 Å². The normalized spacial score (nSPS) is 17.4. The summed E-state index contributed by atoms with van der Waals surface area (Å²) < 4.78 is 5.26. The Morgan fingerprint density at radius 2 is 2.00 bits per heavy atom. The van der Waals surface area contributed by atoms with Crippen LogP contribution in [0.15, 0.2) is 35.8 Å². The van der Waals surface area contributed by atoms with Crippen LogP contribution in [0, 0.1) is 0 Å². The van der Waals surface area contributed by atoms with E-state index in [-0.39, 0.29) is 5.91 Å². The third-order valence-corrected chi connectivity index (χ3v) is 4.48. The molecule has 2 aromatic rings. The highest BCUT2D eigenvalue weighted by molar-refractivity contribution is 7.13. The highest BCUT2D eigenvalue weighted by Crippen LogP contribution is 2.24. The molecular weight excluding hydrogens is 286 g/mol. The van der Waals surface area contributed by atoms with Crippen molar-refractivity contribution in [1.82, 2.24) is 4.98 Å². The molecule has 5 nitrogen and oxygen atoms in total. The Kier molecular flexibility index (Phi) is 4.01. The van der Waals surface area contributed by atoms with E-state index < -0.39 is 5.54 Å². The summed E-state index contributed by atoms with van der Waals surface area (Å²) in [6, 6.07) is 7.64. The molecule has 1 amide bonds. The van der Waals surface area contributed by atoms with Gasteiger partial charge in [0.15, 0.2) is 0 Å². The lowest BCUT2D eigenvalue weighted by Gasteiger charge is -2.31. The van der Waals surface area contributed by atoms with E-state index in [0.29, 0.717) is 26.1 Å². The molecule has 0 saturated carbocycles. The van der Waals surface area contributed by atoms with Crippen molar-refractivity contribution in [2.45, 2.75) is 18.4 Å². The van der Waals surface area contributed by atoms with Gasteiger partial charge in [-0.3, -0.25) is 4.79 Å². The van der Waals surface area contributed by atoms with E-state index in [4.69, 9.17) is 10.5 Å². The van der Waals surface area contributed by atoms with Crippen molar-refractivity contribution in [3.63, 3.8) is 0 Å². The minimum Gasteiger partial charge on any atom is -0.381 e. The standard InChI is InChI=1S/C15H17N3O2S/c16-15(5-8-20-9-6-15)14(19)18-12-3-1-11(2-4-12)13-17-7-10-21-13/h1-4,7,10H,5-6,8-9,16H2,(H,18,19). The quantitative estimate of drug-likeness (QED) is 0.912. The SMILES string of the molecule is NC1(C(=O)Nc2ccc(-c3nccs3)cc2)CCOCC1. The summed E-state index contributed by atoms with van der Waals surface area (Å²) in [6.07, 6.45) is 2.88. The number of rotatable bonds is 3. The molecular formula is C15H17N3O2S. The maximum Gasteiger partial charge on any atom is 0.244 e. The Morgan fingerprint density at radius 1 is 1.29 bits per heavy atom. The van der Waals surface area contributed by atoms with Gasteiger partial charge in [-0.2, -0.15) is 0 Å². The van der Waals surface area contributed by atoms with Gasteiger partial charge < -0.3 is 15.8 Å². The molecule has 1 aromatic heterocycles. The van der Waals surface area contributed by atoms with E-state index >= 15 is 0 Å². The number of nitrogens with zero attached hydrogens (tertiary/aromatic N) is 1. The van der Waals surface area contributed by atoms with Gasteiger partial charge in [0, 0.05) is 36.0 Å². The molecule has 3 rings (SSSR count). The second-order valence-corrected chi connectivity index (χ2v) is 6.03. The Hall–Kier alpha value is -1.76. The van der Waals surface area contributed by atoms with Gasteiger partial charge in [-0.15, -0.1) is 11.3 Å². The topological polar surface area (TPSA) is 77.2 Å². The zero-order chi connectivity index (χ0) is 14.7. The number of ether oxygens (including phenoxy) is 1. The summed E-state index contributed by atoms with van der Waals surface area (Å²) in [5.41, 5.74) is 7.12. The van der Waals surface area contributed by atoms with Gasteiger partial charge in [0.25, 0.3) is 0 Å². The van der Waals surface area contributed by atoms with Crippen molar-refractivity contribution in [1.29, 1.82) is 0 Å². The fourth-order valence-corrected chi connectivity index (χ4v) is 2.92. The van der Waals surface area contributed by atoms with Crippen LogP contribution in [-0.4, -0.2) is 29.6 Å². The van der Waals surface area contributed by atoms with Crippen LogP contribution >= 0.6 is 11.3 Å². The molecule has 3 N–H and O–H groups in total. The van der Waals surface area contributed by atoms with Crippen molar-refractivity contribution < 1.29 is 9.53 Å². The van der Waals surface area contributed by atoms with Gasteiger partial charge in [0.2, 0.25) is 5.91 Å². The maximum atomic E-state index is 12.3. The summed E-state index contributed by atoms with van der Waals surface area (Å²) in [5.74, 6) is -0.146. The Balaban J connectivity index is 1.69. The van der Waals surface area contributed by atoms with Crippen LogP contribution in [-0.2, 0) is 9.53 Å². The molecule has 0 radical (unpaired) electrons. The summed E-state index contributed by atoms with van der Waals surface area (Å²) in [5, 5.41) is 5.79. The van der Waals surface area contributed by atoms with Crippen LogP contribution in [0.4, 0.5) is 5.69 Å². The number of carbonyl (C=O) groups is 1. The van der Waals surface area contributed by atoms with Crippen LogP contribution in [0.25, 0.3) is 10.6 Å². The van der Waals surface area contributed by atoms with E-state index in [1.807, 2.05) is 29.6 Å². The minimum atomic E-state index is -0.827. The first-order valence-corrected chi connectivity index (χ1v) is 7.73. The van der Waals surface area contributed by atoms with Crippen LogP contribution in [0.1, 0.15) is 12.8 Å². The molecule has 1 aliphatic heterocycles. The van der Waals surface area contributed by atoms with Crippen LogP contribution < -0.4 is 11.1 Å². The van der Waals surface area contributed by atoms with E-state index in [1.165, 1.54) is 0 Å². The van der Waals surface area contributed by atoms with Gasteiger partial charge in [0.05, 0.1) is 0 Å². The molecule has 1 fully saturated rings. The lowest BCUT2D eigenvalue weighted by Crippen LogP contribution is -2.54. The molecule has 0 bridgehead atoms. The van der Waals surface area contributed by atoms with E-state index in [1.54, 1.807) is 17.5 Å². The van der Waals surface area contributed by atoms with E-state index in [0.717, 1.165) is 16.3 Å². The molecule has 2 heterocycles. The predicted octanol–water partition coefficient (Wildman–Crippen LogP) is 2.26. The van der Waals surface area contributed by atoms with Crippen molar-refractivity contribution in [2.24, 2.45) is 5.73 Å². The van der Waals surface area contributed by atoms with Crippen LogP contribution in [0.2, 0.25) is 0 Å². The van der Waals surface area contributed by atoms with Gasteiger partial charge in [0.1, 0.15) is 10.5 Å². The summed E-state index contributed by atoms with van der Waals surface area (Å²) in [6.45, 7) is 1.07. The molecule has 1 aliphatic rings. The molecule has 0 unspecified atom stereocenters. The van der Waals surface area contributed by atoms with Gasteiger partial charge in [-0.25, -0.2) is 4.98 Å². The predicted molar refractivity (Wildman–Crippen MR) is 83.2 cm³/mol. The molecule has 0 aliphatic carbocycles. The summed E-state index contributed by atoms with van der Waals surface area (Å²) in [4.78, 5) is 16.6. The number of anilines is 1. The fourth-order valence-electron chi connectivity index (χ4n) is 2.28. The summed E-state index contributed by atoms with van der Waals surface area (Å²) in [7, 11) is 0. The molecule has 110 valence electrons. The van der Waals surface area contributed by atoms with Crippen molar-refractivity contribution >= 4 is 22.9 Å². The molecule has 1 aromatic carbocycles. The second-order valence-electron chi connectivity index (χ2n) is 5.14. The molecule has 21 heavy (non-hydrogen) atoms. The lowest BCUT2D eigenvalue weighted by molar-refractivity contribution is -0.124. The van der Waals surface area contributed by atoms with E-state index in [9.17, 15) is 4.79 Å². The minimum absolute atomic E-state index is 0.146. The van der Waals surface area contributed by atoms with Crippen molar-refractivity contribution in [2.75, 3.05) is 18.5 Å². The molecule has 6 heteroatoms. The Morgan fingerprint density at radius 3 is 2.62 bits per heavy atom. The Labute approximate surface area is 127 Å². The molecule has 1 saturated heterocycles. The number of benzene rings is 1. The number of carbonyl (C=O) groups excluding carboxylic acids is 1. The number of thiazole rings is 1. The smallest absolute Gasteiger partial charge is 0.244 e. The van der Waals surface area contributed by atoms with Gasteiger partial charge >= 0.3 is 0 Å². The highest BCUT2D eigenvalue weighted by atomic mass is 32.1. The largest absolute Gasteiger partial charge is 0.381 e. The monoisotopic (exact) mass is 303 g/mol. The van der Waals surface area contributed by atoms with Gasteiger partial charge in [-0.1, -0.05) is 0 Å². The van der Waals surface area contributed by atoms with Crippen molar-refractivity contribution in [3.8, 4) is 10.6 Å². The zero-order valence-corrected chi connectivity index (χ0v) is 12.4. The number of nitrogens with two attached hydrogens (primary N) is 1. The van der Waals surface area contributed by atoms with Gasteiger partial charge in [-0.05, 0) is 37.1 Å².